The van der Waals surface area contributed by atoms with Gasteiger partial charge in [-0.25, -0.2) is 4.98 Å². The lowest BCUT2D eigenvalue weighted by atomic mass is 10.1. The number of carbonyl (C=O) groups is 1. The Kier molecular flexibility index (Phi) is 4.07. The first-order valence-corrected chi connectivity index (χ1v) is 6.49. The Bertz CT molecular complexity index is 431. The molecule has 1 aromatic rings. The molecule has 0 bridgehead atoms. The summed E-state index contributed by atoms with van der Waals surface area (Å²) in [5.74, 6) is 1.03. The zero-order chi connectivity index (χ0) is 13.1. The molecule has 0 atom stereocenters. The topological polar surface area (TPSA) is 42.4 Å². The minimum absolute atomic E-state index is 0.00788. The predicted octanol–water partition coefficient (Wildman–Crippen LogP) is 2.37. The molecule has 1 saturated heterocycles. The summed E-state index contributed by atoms with van der Waals surface area (Å²) < 4.78 is 5.63. The number of hydrogen-bond acceptors (Lipinski definition) is 3. The molecule has 1 aliphatic heterocycles. The van der Waals surface area contributed by atoms with Crippen molar-refractivity contribution in [3.05, 3.63) is 23.4 Å². The van der Waals surface area contributed by atoms with Crippen LogP contribution in [0.2, 0.25) is 5.02 Å². The van der Waals surface area contributed by atoms with Gasteiger partial charge >= 0.3 is 0 Å². The Balaban J connectivity index is 1.80. The fourth-order valence-electron chi connectivity index (χ4n) is 1.81. The van der Waals surface area contributed by atoms with Gasteiger partial charge in [-0.2, -0.15) is 0 Å². The fourth-order valence-corrected chi connectivity index (χ4v) is 1.98. The summed E-state index contributed by atoms with van der Waals surface area (Å²) in [4.78, 5) is 17.6. The average Bonchev–Trinajstić information content (AvgIpc) is 2.23. The maximum Gasteiger partial charge on any atom is 0.232 e. The number of aromatic nitrogens is 1. The van der Waals surface area contributed by atoms with E-state index < -0.39 is 0 Å². The van der Waals surface area contributed by atoms with Crippen molar-refractivity contribution in [2.24, 2.45) is 5.92 Å². The van der Waals surface area contributed by atoms with E-state index in [0.717, 1.165) is 0 Å². The van der Waals surface area contributed by atoms with Gasteiger partial charge < -0.3 is 9.64 Å². The predicted molar refractivity (Wildman–Crippen MR) is 69.7 cm³/mol. The van der Waals surface area contributed by atoms with Gasteiger partial charge in [0.1, 0.15) is 11.1 Å². The Hall–Kier alpha value is -1.29. The summed E-state index contributed by atoms with van der Waals surface area (Å²) in [6, 6.07) is 3.50. The van der Waals surface area contributed by atoms with Gasteiger partial charge in [0.15, 0.2) is 0 Å². The van der Waals surface area contributed by atoms with Crippen molar-refractivity contribution >= 4 is 17.5 Å². The van der Waals surface area contributed by atoms with Crippen LogP contribution in [0.4, 0.5) is 0 Å². The minimum atomic E-state index is 0.00788. The Morgan fingerprint density at radius 1 is 1.61 bits per heavy atom. The van der Waals surface area contributed by atoms with Crippen molar-refractivity contribution in [3.63, 3.8) is 0 Å². The smallest absolute Gasteiger partial charge is 0.232 e. The molecule has 18 heavy (non-hydrogen) atoms. The summed E-state index contributed by atoms with van der Waals surface area (Å²) in [5.41, 5.74) is 0. The highest BCUT2D eigenvalue weighted by molar-refractivity contribution is 6.31. The van der Waals surface area contributed by atoms with Gasteiger partial charge in [0, 0.05) is 12.6 Å². The SMILES string of the molecule is CC(C)CC(=O)N1CC(Oc2ncccc2Cl)C1. The van der Waals surface area contributed by atoms with Crippen LogP contribution >= 0.6 is 11.6 Å². The number of halogens is 1. The third-order valence-electron chi connectivity index (χ3n) is 2.79. The van der Waals surface area contributed by atoms with E-state index in [1.54, 1.807) is 18.3 Å². The molecule has 0 saturated carbocycles. The third kappa shape index (κ3) is 3.13. The van der Waals surface area contributed by atoms with Gasteiger partial charge in [-0.1, -0.05) is 25.4 Å². The quantitative estimate of drug-likeness (QED) is 0.842. The first-order valence-electron chi connectivity index (χ1n) is 6.11. The zero-order valence-corrected chi connectivity index (χ0v) is 11.4. The molecule has 0 aromatic carbocycles. The first kappa shape index (κ1) is 13.1. The summed E-state index contributed by atoms with van der Waals surface area (Å²) in [6.07, 6.45) is 2.24. The van der Waals surface area contributed by atoms with Gasteiger partial charge in [-0.3, -0.25) is 4.79 Å². The van der Waals surface area contributed by atoms with E-state index in [4.69, 9.17) is 16.3 Å². The van der Waals surface area contributed by atoms with Gasteiger partial charge in [-0.15, -0.1) is 0 Å². The zero-order valence-electron chi connectivity index (χ0n) is 10.6. The van der Waals surface area contributed by atoms with Crippen LogP contribution in [-0.2, 0) is 4.79 Å². The Morgan fingerprint density at radius 3 is 2.94 bits per heavy atom. The minimum Gasteiger partial charge on any atom is -0.470 e. The first-order chi connectivity index (χ1) is 8.56. The molecule has 2 rings (SSSR count). The fraction of sp³-hybridized carbons (Fsp3) is 0.538. The van der Waals surface area contributed by atoms with Crippen molar-refractivity contribution in [2.45, 2.75) is 26.4 Å². The van der Waals surface area contributed by atoms with E-state index in [-0.39, 0.29) is 12.0 Å². The molecule has 0 N–H and O–H groups in total. The highest BCUT2D eigenvalue weighted by Gasteiger charge is 2.32. The highest BCUT2D eigenvalue weighted by Crippen LogP contribution is 2.24. The molecule has 1 amide bonds. The van der Waals surface area contributed by atoms with Crippen molar-refractivity contribution in [2.75, 3.05) is 13.1 Å². The summed E-state index contributed by atoms with van der Waals surface area (Å²) >= 11 is 5.95. The van der Waals surface area contributed by atoms with E-state index in [1.807, 2.05) is 18.7 Å². The highest BCUT2D eigenvalue weighted by atomic mass is 35.5. The average molecular weight is 269 g/mol. The van der Waals surface area contributed by atoms with Crippen molar-refractivity contribution in [1.29, 1.82) is 0 Å². The van der Waals surface area contributed by atoms with Crippen LogP contribution < -0.4 is 4.74 Å². The number of ether oxygens (including phenoxy) is 1. The van der Waals surface area contributed by atoms with Gasteiger partial charge in [0.05, 0.1) is 13.1 Å². The molecular formula is C13H17ClN2O2. The molecule has 1 aromatic heterocycles. The molecule has 5 heteroatoms. The van der Waals surface area contributed by atoms with Crippen LogP contribution in [0.15, 0.2) is 18.3 Å². The molecule has 0 spiro atoms. The largest absolute Gasteiger partial charge is 0.470 e. The van der Waals surface area contributed by atoms with Crippen LogP contribution in [0.3, 0.4) is 0 Å². The maximum atomic E-state index is 11.7. The molecule has 0 unspecified atom stereocenters. The number of pyridine rings is 1. The van der Waals surface area contributed by atoms with Gasteiger partial charge in [0.2, 0.25) is 11.8 Å². The number of nitrogens with zero attached hydrogens (tertiary/aromatic N) is 2. The van der Waals surface area contributed by atoms with E-state index in [9.17, 15) is 4.79 Å². The summed E-state index contributed by atoms with van der Waals surface area (Å²) in [5, 5.41) is 0.504. The van der Waals surface area contributed by atoms with E-state index in [2.05, 4.69) is 4.98 Å². The molecule has 98 valence electrons. The van der Waals surface area contributed by atoms with Gasteiger partial charge in [-0.05, 0) is 18.1 Å². The second-order valence-electron chi connectivity index (χ2n) is 4.93. The lowest BCUT2D eigenvalue weighted by Crippen LogP contribution is -2.56. The summed E-state index contributed by atoms with van der Waals surface area (Å²) in [7, 11) is 0. The van der Waals surface area contributed by atoms with Crippen LogP contribution in [0.5, 0.6) is 5.88 Å². The third-order valence-corrected chi connectivity index (χ3v) is 3.07. The van der Waals surface area contributed by atoms with Crippen LogP contribution in [0.1, 0.15) is 20.3 Å². The molecule has 0 radical (unpaired) electrons. The second kappa shape index (κ2) is 5.57. The molecule has 1 fully saturated rings. The monoisotopic (exact) mass is 268 g/mol. The Labute approximate surface area is 112 Å². The van der Waals surface area contributed by atoms with Crippen molar-refractivity contribution < 1.29 is 9.53 Å². The number of hydrogen-bond donors (Lipinski definition) is 0. The van der Waals surface area contributed by atoms with Crippen molar-refractivity contribution in [1.82, 2.24) is 9.88 Å². The molecule has 0 aliphatic carbocycles. The van der Waals surface area contributed by atoms with E-state index in [1.165, 1.54) is 0 Å². The molecular weight excluding hydrogens is 252 g/mol. The number of amides is 1. The molecule has 1 aliphatic rings. The second-order valence-corrected chi connectivity index (χ2v) is 5.33. The van der Waals surface area contributed by atoms with Crippen LogP contribution in [0, 0.1) is 5.92 Å². The maximum absolute atomic E-state index is 11.7. The van der Waals surface area contributed by atoms with E-state index >= 15 is 0 Å². The lowest BCUT2D eigenvalue weighted by Gasteiger charge is -2.39. The van der Waals surface area contributed by atoms with Crippen molar-refractivity contribution in [3.8, 4) is 5.88 Å². The standard InChI is InChI=1S/C13H17ClN2O2/c1-9(2)6-12(17)16-7-10(8-16)18-13-11(14)4-3-5-15-13/h3-5,9-10H,6-8H2,1-2H3. The number of likely N-dealkylation sites (tertiary alicyclic amines) is 1. The van der Waals surface area contributed by atoms with E-state index in [0.29, 0.717) is 36.3 Å². The lowest BCUT2D eigenvalue weighted by molar-refractivity contribution is -0.140. The normalized spacial score (nSPS) is 15.7. The molecule has 2 heterocycles. The Morgan fingerprint density at radius 2 is 2.33 bits per heavy atom. The van der Waals surface area contributed by atoms with Crippen LogP contribution in [-0.4, -0.2) is 35.0 Å². The number of carbonyl (C=O) groups excluding carboxylic acids is 1. The molecule has 4 nitrogen and oxygen atoms in total. The van der Waals surface area contributed by atoms with Crippen LogP contribution in [0.25, 0.3) is 0 Å². The van der Waals surface area contributed by atoms with Gasteiger partial charge in [0.25, 0.3) is 0 Å². The summed E-state index contributed by atoms with van der Waals surface area (Å²) in [6.45, 7) is 5.33. The number of rotatable bonds is 4.